The van der Waals surface area contributed by atoms with E-state index < -0.39 is 0 Å². The minimum Gasteiger partial charge on any atom is -0.361 e. The van der Waals surface area contributed by atoms with E-state index in [4.69, 9.17) is 11.6 Å². The summed E-state index contributed by atoms with van der Waals surface area (Å²) in [6, 6.07) is 0. The van der Waals surface area contributed by atoms with Gasteiger partial charge in [0.15, 0.2) is 5.82 Å². The highest BCUT2D eigenvalue weighted by molar-refractivity contribution is 6.21. The average Bonchev–Trinajstić information content (AvgIpc) is 2.61. The number of hydrogen-bond acceptors (Lipinski definition) is 4. The van der Waals surface area contributed by atoms with Gasteiger partial charge in [0.1, 0.15) is 5.82 Å². The van der Waals surface area contributed by atoms with Crippen molar-refractivity contribution in [2.45, 2.75) is 38.6 Å². The highest BCUT2D eigenvalue weighted by atomic mass is 35.5. The number of hydrogen-bond donors (Lipinski definition) is 1. The zero-order chi connectivity index (χ0) is 12.6. The molecule has 0 fully saturated rings. The minimum atomic E-state index is -0.268. The predicted octanol–water partition coefficient (Wildman–Crippen LogP) is 2.25. The van der Waals surface area contributed by atoms with E-state index in [9.17, 15) is 0 Å². The molecule has 0 radical (unpaired) electrons. The zero-order valence-corrected chi connectivity index (χ0v) is 11.2. The maximum Gasteiger partial charge on any atom is 0.203 e. The van der Waals surface area contributed by atoms with Crippen molar-refractivity contribution in [3.05, 3.63) is 18.2 Å². The molecule has 0 saturated heterocycles. The van der Waals surface area contributed by atoms with Crippen molar-refractivity contribution in [3.63, 3.8) is 0 Å². The van der Waals surface area contributed by atoms with Crippen LogP contribution in [0.1, 0.15) is 26.6 Å². The molecule has 0 aliphatic carbocycles. The summed E-state index contributed by atoms with van der Waals surface area (Å²) >= 11 is 6.14. The van der Waals surface area contributed by atoms with Gasteiger partial charge in [-0.1, -0.05) is 0 Å². The van der Waals surface area contributed by atoms with Crippen LogP contribution in [0.5, 0.6) is 0 Å². The number of nitrogens with one attached hydrogen (secondary N) is 1. The van der Waals surface area contributed by atoms with Gasteiger partial charge in [-0.2, -0.15) is 0 Å². The second-order valence-electron chi connectivity index (χ2n) is 4.68. The first-order chi connectivity index (χ1) is 7.92. The standard InChI is InChI=1S/C11H16ClN5/c1-7(12)11(3,4)14-9-10-16-15-8(2)17(10)6-5-13-9/h5-7H,1-4H3,(H,13,14). The topological polar surface area (TPSA) is 55.1 Å². The third kappa shape index (κ3) is 2.20. The summed E-state index contributed by atoms with van der Waals surface area (Å²) < 4.78 is 1.89. The highest BCUT2D eigenvalue weighted by Gasteiger charge is 2.25. The van der Waals surface area contributed by atoms with Gasteiger partial charge in [-0.05, 0) is 27.7 Å². The number of aryl methyl sites for hydroxylation is 1. The molecule has 0 aliphatic rings. The quantitative estimate of drug-likeness (QED) is 0.853. The first-order valence-electron chi connectivity index (χ1n) is 5.50. The summed E-state index contributed by atoms with van der Waals surface area (Å²) in [5, 5.41) is 11.4. The minimum absolute atomic E-state index is 0.0337. The Kier molecular flexibility index (Phi) is 2.95. The number of rotatable bonds is 3. The van der Waals surface area contributed by atoms with Crippen molar-refractivity contribution < 1.29 is 0 Å². The van der Waals surface area contributed by atoms with Crippen LogP contribution < -0.4 is 5.32 Å². The van der Waals surface area contributed by atoms with Crippen molar-refractivity contribution in [1.82, 2.24) is 19.6 Å². The second kappa shape index (κ2) is 4.14. The Labute approximate surface area is 105 Å². The molecule has 1 N–H and O–H groups in total. The zero-order valence-electron chi connectivity index (χ0n) is 10.4. The third-order valence-corrected chi connectivity index (χ3v) is 3.48. The van der Waals surface area contributed by atoms with E-state index in [1.54, 1.807) is 6.20 Å². The molecule has 0 bridgehead atoms. The number of alkyl halides is 1. The van der Waals surface area contributed by atoms with Gasteiger partial charge in [0.2, 0.25) is 5.65 Å². The van der Waals surface area contributed by atoms with Crippen LogP contribution in [0.25, 0.3) is 5.65 Å². The lowest BCUT2D eigenvalue weighted by Crippen LogP contribution is -2.39. The lowest BCUT2D eigenvalue weighted by Gasteiger charge is -2.29. The van der Waals surface area contributed by atoms with Gasteiger partial charge >= 0.3 is 0 Å². The number of fused-ring (bicyclic) bond motifs is 1. The molecule has 2 aromatic rings. The van der Waals surface area contributed by atoms with E-state index in [2.05, 4.69) is 20.5 Å². The molecule has 0 aliphatic heterocycles. The van der Waals surface area contributed by atoms with Gasteiger partial charge in [-0.3, -0.25) is 4.40 Å². The van der Waals surface area contributed by atoms with E-state index in [0.29, 0.717) is 5.82 Å². The average molecular weight is 254 g/mol. The maximum atomic E-state index is 6.14. The number of aromatic nitrogens is 4. The summed E-state index contributed by atoms with van der Waals surface area (Å²) in [4.78, 5) is 4.29. The SMILES string of the molecule is Cc1nnc2c(NC(C)(C)C(C)Cl)nccn12. The van der Waals surface area contributed by atoms with Crippen molar-refractivity contribution in [2.24, 2.45) is 0 Å². The normalized spacial score (nSPS) is 13.9. The van der Waals surface area contributed by atoms with E-state index in [-0.39, 0.29) is 10.9 Å². The van der Waals surface area contributed by atoms with E-state index in [1.165, 1.54) is 0 Å². The Bertz CT molecular complexity index is 532. The smallest absolute Gasteiger partial charge is 0.203 e. The monoisotopic (exact) mass is 253 g/mol. The van der Waals surface area contributed by atoms with Gasteiger partial charge in [0, 0.05) is 17.9 Å². The fourth-order valence-electron chi connectivity index (χ4n) is 1.43. The molecule has 1 atom stereocenters. The molecular formula is C11H16ClN5. The van der Waals surface area contributed by atoms with Crippen LogP contribution in [-0.2, 0) is 0 Å². The Balaban J connectivity index is 2.43. The summed E-state index contributed by atoms with van der Waals surface area (Å²) in [5.41, 5.74) is 0.450. The van der Waals surface area contributed by atoms with Crippen molar-refractivity contribution in [2.75, 3.05) is 5.32 Å². The molecule has 17 heavy (non-hydrogen) atoms. The van der Waals surface area contributed by atoms with Crippen LogP contribution in [0.15, 0.2) is 12.4 Å². The lowest BCUT2D eigenvalue weighted by atomic mass is 10.0. The van der Waals surface area contributed by atoms with E-state index >= 15 is 0 Å². The number of anilines is 1. The Morgan fingerprint density at radius 2 is 2.12 bits per heavy atom. The fourth-order valence-corrected chi connectivity index (χ4v) is 1.49. The van der Waals surface area contributed by atoms with Crippen LogP contribution in [0.4, 0.5) is 5.82 Å². The lowest BCUT2D eigenvalue weighted by molar-refractivity contribution is 0.553. The van der Waals surface area contributed by atoms with Gasteiger partial charge in [-0.25, -0.2) is 4.98 Å². The molecule has 0 amide bonds. The predicted molar refractivity (Wildman–Crippen MR) is 68.5 cm³/mol. The summed E-state index contributed by atoms with van der Waals surface area (Å²) in [7, 11) is 0. The van der Waals surface area contributed by atoms with Gasteiger partial charge < -0.3 is 5.32 Å². The fraction of sp³-hybridized carbons (Fsp3) is 0.545. The van der Waals surface area contributed by atoms with Crippen LogP contribution in [0.2, 0.25) is 0 Å². The molecule has 0 saturated carbocycles. The first kappa shape index (κ1) is 12.1. The Morgan fingerprint density at radius 1 is 1.41 bits per heavy atom. The van der Waals surface area contributed by atoms with Crippen LogP contribution in [0, 0.1) is 6.92 Å². The third-order valence-electron chi connectivity index (χ3n) is 2.93. The number of nitrogens with zero attached hydrogens (tertiary/aromatic N) is 4. The van der Waals surface area contributed by atoms with Crippen molar-refractivity contribution in [1.29, 1.82) is 0 Å². The molecule has 1 unspecified atom stereocenters. The van der Waals surface area contributed by atoms with Crippen LogP contribution in [-0.4, -0.2) is 30.5 Å². The Hall–Kier alpha value is -1.36. The molecule has 2 aromatic heterocycles. The van der Waals surface area contributed by atoms with Crippen LogP contribution in [0.3, 0.4) is 0 Å². The summed E-state index contributed by atoms with van der Waals surface area (Å²) in [6.45, 7) is 7.90. The molecule has 2 rings (SSSR count). The maximum absolute atomic E-state index is 6.14. The molecule has 6 heteroatoms. The second-order valence-corrected chi connectivity index (χ2v) is 5.33. The summed E-state index contributed by atoms with van der Waals surface area (Å²) in [6.07, 6.45) is 3.56. The van der Waals surface area contributed by atoms with Gasteiger partial charge in [0.25, 0.3) is 0 Å². The number of halogens is 1. The van der Waals surface area contributed by atoms with E-state index in [1.807, 2.05) is 38.3 Å². The van der Waals surface area contributed by atoms with Crippen LogP contribution >= 0.6 is 11.6 Å². The first-order valence-corrected chi connectivity index (χ1v) is 5.94. The largest absolute Gasteiger partial charge is 0.361 e. The summed E-state index contributed by atoms with van der Waals surface area (Å²) in [5.74, 6) is 1.53. The molecule has 92 valence electrons. The van der Waals surface area contributed by atoms with Gasteiger partial charge in [0.05, 0.1) is 5.38 Å². The van der Waals surface area contributed by atoms with E-state index in [0.717, 1.165) is 11.5 Å². The molecular weight excluding hydrogens is 238 g/mol. The molecule has 0 aromatic carbocycles. The molecule has 5 nitrogen and oxygen atoms in total. The Morgan fingerprint density at radius 3 is 2.76 bits per heavy atom. The molecule has 2 heterocycles. The van der Waals surface area contributed by atoms with Crippen molar-refractivity contribution in [3.8, 4) is 0 Å². The van der Waals surface area contributed by atoms with Crippen molar-refractivity contribution >= 4 is 23.1 Å². The molecule has 0 spiro atoms. The van der Waals surface area contributed by atoms with Gasteiger partial charge in [-0.15, -0.1) is 21.8 Å². The highest BCUT2D eigenvalue weighted by Crippen LogP contribution is 2.22.